The zero-order chi connectivity index (χ0) is 11.8. The van der Waals surface area contributed by atoms with Crippen LogP contribution in [0.3, 0.4) is 0 Å². The second kappa shape index (κ2) is 4.89. The number of hydrogen-bond acceptors (Lipinski definition) is 2. The summed E-state index contributed by atoms with van der Waals surface area (Å²) in [4.78, 5) is 0. The van der Waals surface area contributed by atoms with E-state index in [4.69, 9.17) is 9.47 Å². The van der Waals surface area contributed by atoms with Gasteiger partial charge in [0.2, 0.25) is 0 Å². The van der Waals surface area contributed by atoms with Crippen molar-refractivity contribution in [2.75, 3.05) is 6.79 Å². The molecule has 1 atom stereocenters. The first-order chi connectivity index (χ1) is 8.26. The maximum atomic E-state index is 6.07. The molecule has 2 heteroatoms. The van der Waals surface area contributed by atoms with E-state index in [1.54, 1.807) is 0 Å². The molecule has 0 N–H and O–H groups in total. The fourth-order valence-electron chi connectivity index (χ4n) is 4.50. The molecule has 4 aliphatic carbocycles. The van der Waals surface area contributed by atoms with Crippen molar-refractivity contribution in [2.24, 2.45) is 23.7 Å². The average Bonchev–Trinajstić information content (AvgIpc) is 2.31. The van der Waals surface area contributed by atoms with Crippen LogP contribution < -0.4 is 0 Å². The Morgan fingerprint density at radius 1 is 1.00 bits per heavy atom. The molecule has 0 aromatic heterocycles. The van der Waals surface area contributed by atoms with Crippen molar-refractivity contribution in [3.05, 3.63) is 0 Å². The van der Waals surface area contributed by atoms with Crippen molar-refractivity contribution in [1.82, 2.24) is 0 Å². The van der Waals surface area contributed by atoms with Gasteiger partial charge in [0.05, 0.1) is 12.2 Å². The van der Waals surface area contributed by atoms with Crippen LogP contribution in [0.4, 0.5) is 0 Å². The van der Waals surface area contributed by atoms with E-state index in [0.29, 0.717) is 19.0 Å². The van der Waals surface area contributed by atoms with Crippen molar-refractivity contribution in [2.45, 2.75) is 64.6 Å². The molecule has 1 unspecified atom stereocenters. The van der Waals surface area contributed by atoms with Crippen LogP contribution in [0.25, 0.3) is 0 Å². The van der Waals surface area contributed by atoms with E-state index in [-0.39, 0.29) is 0 Å². The number of ether oxygens (including phenoxy) is 2. The molecule has 4 saturated carbocycles. The SMILES string of the molecule is CCC(C)OCOC1C2CC3CC(C2)CC1C3. The van der Waals surface area contributed by atoms with Crippen LogP contribution in [0, 0.1) is 23.7 Å². The standard InChI is InChI=1S/C15H26O2/c1-3-10(2)16-9-17-15-13-5-11-4-12(7-13)8-14(15)6-11/h10-15H,3-9H2,1-2H3. The highest BCUT2D eigenvalue weighted by molar-refractivity contribution is 4.98. The Hall–Kier alpha value is -0.0800. The molecule has 0 radical (unpaired) electrons. The van der Waals surface area contributed by atoms with Gasteiger partial charge in [-0.25, -0.2) is 0 Å². The smallest absolute Gasteiger partial charge is 0.147 e. The molecule has 98 valence electrons. The Morgan fingerprint density at radius 2 is 1.59 bits per heavy atom. The fourth-order valence-corrected chi connectivity index (χ4v) is 4.50. The van der Waals surface area contributed by atoms with Crippen LogP contribution in [0.2, 0.25) is 0 Å². The summed E-state index contributed by atoms with van der Waals surface area (Å²) < 4.78 is 11.7. The van der Waals surface area contributed by atoms with Crippen LogP contribution in [-0.4, -0.2) is 19.0 Å². The molecule has 0 heterocycles. The topological polar surface area (TPSA) is 18.5 Å². The Morgan fingerprint density at radius 3 is 2.12 bits per heavy atom. The molecule has 0 aromatic rings. The lowest BCUT2D eigenvalue weighted by molar-refractivity contribution is -0.185. The van der Waals surface area contributed by atoms with Gasteiger partial charge in [0.1, 0.15) is 6.79 Å². The minimum Gasteiger partial charge on any atom is -0.352 e. The van der Waals surface area contributed by atoms with E-state index in [1.807, 2.05) is 0 Å². The van der Waals surface area contributed by atoms with Gasteiger partial charge in [-0.05, 0) is 69.1 Å². The lowest BCUT2D eigenvalue weighted by Gasteiger charge is -2.53. The van der Waals surface area contributed by atoms with E-state index in [9.17, 15) is 0 Å². The Labute approximate surface area is 105 Å². The Bertz CT molecular complexity index is 236. The van der Waals surface area contributed by atoms with E-state index in [0.717, 1.165) is 30.1 Å². The first kappa shape index (κ1) is 12.0. The molecule has 0 amide bonds. The normalized spacial score (nSPS) is 45.2. The van der Waals surface area contributed by atoms with Crippen molar-refractivity contribution in [1.29, 1.82) is 0 Å². The van der Waals surface area contributed by atoms with Crippen molar-refractivity contribution < 1.29 is 9.47 Å². The molecule has 2 nitrogen and oxygen atoms in total. The monoisotopic (exact) mass is 238 g/mol. The molecule has 4 bridgehead atoms. The zero-order valence-electron chi connectivity index (χ0n) is 11.2. The molecular formula is C15H26O2. The summed E-state index contributed by atoms with van der Waals surface area (Å²) in [5.74, 6) is 3.78. The molecular weight excluding hydrogens is 212 g/mol. The van der Waals surface area contributed by atoms with Crippen LogP contribution >= 0.6 is 0 Å². The number of rotatable bonds is 5. The van der Waals surface area contributed by atoms with E-state index in [1.165, 1.54) is 32.1 Å². The predicted octanol–water partition coefficient (Wildman–Crippen LogP) is 3.60. The number of hydrogen-bond donors (Lipinski definition) is 0. The lowest BCUT2D eigenvalue weighted by Crippen LogP contribution is -2.49. The summed E-state index contributed by atoms with van der Waals surface area (Å²) in [6.45, 7) is 4.80. The van der Waals surface area contributed by atoms with E-state index >= 15 is 0 Å². The minimum absolute atomic E-state index is 0.340. The van der Waals surface area contributed by atoms with Crippen LogP contribution in [0.5, 0.6) is 0 Å². The first-order valence-electron chi connectivity index (χ1n) is 7.49. The minimum atomic E-state index is 0.340. The second-order valence-corrected chi connectivity index (χ2v) is 6.57. The third-order valence-electron chi connectivity index (χ3n) is 5.33. The van der Waals surface area contributed by atoms with Gasteiger partial charge in [-0.3, -0.25) is 0 Å². The zero-order valence-corrected chi connectivity index (χ0v) is 11.2. The summed E-state index contributed by atoms with van der Waals surface area (Å²) in [5.41, 5.74) is 0. The van der Waals surface area contributed by atoms with Gasteiger partial charge >= 0.3 is 0 Å². The van der Waals surface area contributed by atoms with Crippen LogP contribution in [0.15, 0.2) is 0 Å². The molecule has 4 rings (SSSR count). The van der Waals surface area contributed by atoms with Crippen molar-refractivity contribution in [3.63, 3.8) is 0 Å². The van der Waals surface area contributed by atoms with Gasteiger partial charge in [-0.2, -0.15) is 0 Å². The quantitative estimate of drug-likeness (QED) is 0.681. The van der Waals surface area contributed by atoms with E-state index in [2.05, 4.69) is 13.8 Å². The molecule has 17 heavy (non-hydrogen) atoms. The molecule has 0 aromatic carbocycles. The second-order valence-electron chi connectivity index (χ2n) is 6.57. The third-order valence-corrected chi connectivity index (χ3v) is 5.33. The molecule has 0 spiro atoms. The molecule has 0 saturated heterocycles. The van der Waals surface area contributed by atoms with Crippen LogP contribution in [0.1, 0.15) is 52.4 Å². The van der Waals surface area contributed by atoms with Gasteiger partial charge < -0.3 is 9.47 Å². The summed E-state index contributed by atoms with van der Waals surface area (Å²) in [6, 6.07) is 0. The maximum absolute atomic E-state index is 6.07. The molecule has 0 aliphatic heterocycles. The van der Waals surface area contributed by atoms with Gasteiger partial charge in [0.25, 0.3) is 0 Å². The first-order valence-corrected chi connectivity index (χ1v) is 7.49. The predicted molar refractivity (Wildman–Crippen MR) is 67.6 cm³/mol. The molecule has 4 aliphatic rings. The van der Waals surface area contributed by atoms with Crippen molar-refractivity contribution in [3.8, 4) is 0 Å². The lowest BCUT2D eigenvalue weighted by atomic mass is 9.55. The largest absolute Gasteiger partial charge is 0.352 e. The highest BCUT2D eigenvalue weighted by Crippen LogP contribution is 2.54. The van der Waals surface area contributed by atoms with E-state index < -0.39 is 0 Å². The van der Waals surface area contributed by atoms with Gasteiger partial charge in [0, 0.05) is 0 Å². The van der Waals surface area contributed by atoms with Gasteiger partial charge in [0.15, 0.2) is 0 Å². The van der Waals surface area contributed by atoms with Crippen molar-refractivity contribution >= 4 is 0 Å². The third kappa shape index (κ3) is 2.39. The highest BCUT2D eigenvalue weighted by atomic mass is 16.7. The summed E-state index contributed by atoms with van der Waals surface area (Å²) >= 11 is 0. The highest BCUT2D eigenvalue weighted by Gasteiger charge is 2.48. The Kier molecular flexibility index (Phi) is 3.45. The fraction of sp³-hybridized carbons (Fsp3) is 1.00. The summed E-state index contributed by atoms with van der Waals surface area (Å²) in [5, 5.41) is 0. The summed E-state index contributed by atoms with van der Waals surface area (Å²) in [6.07, 6.45) is 9.18. The average molecular weight is 238 g/mol. The van der Waals surface area contributed by atoms with Gasteiger partial charge in [-0.1, -0.05) is 6.92 Å². The van der Waals surface area contributed by atoms with Crippen LogP contribution in [-0.2, 0) is 9.47 Å². The summed E-state index contributed by atoms with van der Waals surface area (Å²) in [7, 11) is 0. The maximum Gasteiger partial charge on any atom is 0.147 e. The van der Waals surface area contributed by atoms with Gasteiger partial charge in [-0.15, -0.1) is 0 Å². The molecule has 4 fully saturated rings. The Balaban J connectivity index is 1.51.